The summed E-state index contributed by atoms with van der Waals surface area (Å²) in [4.78, 5) is 13.6. The highest BCUT2D eigenvalue weighted by molar-refractivity contribution is 6.30. The van der Waals surface area contributed by atoms with E-state index in [1.165, 1.54) is 17.7 Å². The summed E-state index contributed by atoms with van der Waals surface area (Å²) in [5.74, 6) is -0.493. The molecule has 2 aromatic rings. The molecule has 0 radical (unpaired) electrons. The van der Waals surface area contributed by atoms with Crippen molar-refractivity contribution < 1.29 is 19.0 Å². The van der Waals surface area contributed by atoms with E-state index in [0.717, 1.165) is 0 Å². The average Bonchev–Trinajstić information content (AvgIpc) is 2.69. The van der Waals surface area contributed by atoms with Crippen molar-refractivity contribution in [3.8, 4) is 0 Å². The second-order valence-electron chi connectivity index (χ2n) is 6.86. The zero-order valence-corrected chi connectivity index (χ0v) is 17.0. The fourth-order valence-electron chi connectivity index (χ4n) is 3.00. The molecular formula is C22H27ClFNO3. The number of rotatable bonds is 5. The summed E-state index contributed by atoms with van der Waals surface area (Å²) in [5.41, 5.74) is 2.00. The largest absolute Gasteiger partial charge is 0.446 e. The number of halogens is 2. The molecule has 4 nitrogen and oxygen atoms in total. The summed E-state index contributed by atoms with van der Waals surface area (Å²) in [6, 6.07) is 14.5. The number of benzene rings is 2. The van der Waals surface area contributed by atoms with E-state index in [1.54, 1.807) is 11.0 Å². The van der Waals surface area contributed by atoms with Crippen LogP contribution in [-0.4, -0.2) is 35.4 Å². The first-order chi connectivity index (χ1) is 13.4. The molecule has 2 unspecified atom stereocenters. The molecule has 0 spiro atoms. The van der Waals surface area contributed by atoms with Crippen LogP contribution in [-0.2, 0) is 4.74 Å². The van der Waals surface area contributed by atoms with Gasteiger partial charge in [0.2, 0.25) is 0 Å². The Bertz CT molecular complexity index is 757. The first-order valence-electron chi connectivity index (χ1n) is 9.47. The third-order valence-corrected chi connectivity index (χ3v) is 5.02. The molecule has 1 fully saturated rings. The molecule has 28 heavy (non-hydrogen) atoms. The predicted molar refractivity (Wildman–Crippen MR) is 109 cm³/mol. The van der Waals surface area contributed by atoms with Crippen molar-refractivity contribution in [1.82, 2.24) is 4.90 Å². The van der Waals surface area contributed by atoms with Crippen molar-refractivity contribution in [2.75, 3.05) is 13.2 Å². The minimum absolute atomic E-state index is 0.0660. The Morgan fingerprint density at radius 2 is 2.00 bits per heavy atom. The lowest BCUT2D eigenvalue weighted by atomic mass is 10.0. The van der Waals surface area contributed by atoms with Crippen LogP contribution >= 0.6 is 11.6 Å². The van der Waals surface area contributed by atoms with Crippen LogP contribution in [0.4, 0.5) is 9.18 Å². The standard InChI is InChI=1S/C15H19ClFNO3.C7H8/c1-10(11-4-5-13(16)14(17)9-11)18-7-6-12(3-2-8-19)21-15(18)20;1-7-5-3-2-4-6-7/h4-5,9-10,12,19H,2-3,6-8H2,1H3;2-6H,1H3. The van der Waals surface area contributed by atoms with E-state index in [2.05, 4.69) is 19.1 Å². The number of aliphatic hydroxyl groups excluding tert-OH is 1. The number of amides is 1. The number of carbonyl (C=O) groups is 1. The van der Waals surface area contributed by atoms with Gasteiger partial charge in [0.15, 0.2) is 0 Å². The van der Waals surface area contributed by atoms with Crippen molar-refractivity contribution in [3.05, 3.63) is 70.5 Å². The van der Waals surface area contributed by atoms with Gasteiger partial charge >= 0.3 is 6.09 Å². The van der Waals surface area contributed by atoms with Gasteiger partial charge in [-0.05, 0) is 44.4 Å². The van der Waals surface area contributed by atoms with Crippen LogP contribution in [0.5, 0.6) is 0 Å². The highest BCUT2D eigenvalue weighted by atomic mass is 35.5. The van der Waals surface area contributed by atoms with Gasteiger partial charge in [0.25, 0.3) is 0 Å². The zero-order chi connectivity index (χ0) is 20.5. The Morgan fingerprint density at radius 1 is 1.29 bits per heavy atom. The molecule has 6 heteroatoms. The van der Waals surface area contributed by atoms with E-state index >= 15 is 0 Å². The molecule has 1 saturated heterocycles. The normalized spacial score (nSPS) is 17.4. The maximum atomic E-state index is 13.5. The molecule has 1 aliphatic rings. The van der Waals surface area contributed by atoms with Gasteiger partial charge in [-0.1, -0.05) is 53.6 Å². The number of ether oxygens (including phenoxy) is 1. The zero-order valence-electron chi connectivity index (χ0n) is 16.3. The van der Waals surface area contributed by atoms with Crippen LogP contribution in [0.3, 0.4) is 0 Å². The lowest BCUT2D eigenvalue weighted by Crippen LogP contribution is -2.43. The number of carbonyl (C=O) groups excluding carboxylic acids is 1. The van der Waals surface area contributed by atoms with E-state index in [1.807, 2.05) is 25.1 Å². The molecule has 1 heterocycles. The summed E-state index contributed by atoms with van der Waals surface area (Å²) in [7, 11) is 0. The third kappa shape index (κ3) is 6.50. The Balaban J connectivity index is 0.000000336. The van der Waals surface area contributed by atoms with E-state index in [-0.39, 0.29) is 23.8 Å². The van der Waals surface area contributed by atoms with Gasteiger partial charge in [-0.25, -0.2) is 9.18 Å². The molecule has 1 amide bonds. The van der Waals surface area contributed by atoms with Crippen LogP contribution in [0, 0.1) is 12.7 Å². The molecule has 3 rings (SSSR count). The quantitative estimate of drug-likeness (QED) is 0.710. The third-order valence-electron chi connectivity index (χ3n) is 4.71. The summed E-state index contributed by atoms with van der Waals surface area (Å²) in [6.45, 7) is 4.57. The number of hydrogen-bond acceptors (Lipinski definition) is 3. The lowest BCUT2D eigenvalue weighted by molar-refractivity contribution is 0.00756. The van der Waals surface area contributed by atoms with Crippen LogP contribution in [0.15, 0.2) is 48.5 Å². The second-order valence-corrected chi connectivity index (χ2v) is 7.27. The Kier molecular flexibility index (Phi) is 8.74. The van der Waals surface area contributed by atoms with Crippen LogP contribution in [0.1, 0.15) is 43.4 Å². The van der Waals surface area contributed by atoms with Gasteiger partial charge < -0.3 is 14.7 Å². The molecule has 0 aliphatic carbocycles. The molecule has 1 aliphatic heterocycles. The van der Waals surface area contributed by atoms with Crippen LogP contribution < -0.4 is 0 Å². The topological polar surface area (TPSA) is 49.8 Å². The van der Waals surface area contributed by atoms with Gasteiger partial charge in [-0.3, -0.25) is 0 Å². The summed E-state index contributed by atoms with van der Waals surface area (Å²) >= 11 is 5.67. The SMILES string of the molecule is CC(c1ccc(Cl)c(F)c1)N1CCC(CCCO)OC1=O.Cc1ccccc1. The first kappa shape index (κ1) is 22.2. The van der Waals surface area contributed by atoms with Gasteiger partial charge in [0.05, 0.1) is 11.1 Å². The van der Waals surface area contributed by atoms with E-state index in [0.29, 0.717) is 31.4 Å². The van der Waals surface area contributed by atoms with Gasteiger partial charge in [-0.15, -0.1) is 0 Å². The number of cyclic esters (lactones) is 1. The van der Waals surface area contributed by atoms with Crippen molar-refractivity contribution in [1.29, 1.82) is 0 Å². The molecule has 152 valence electrons. The van der Waals surface area contributed by atoms with Crippen molar-refractivity contribution in [2.24, 2.45) is 0 Å². The van der Waals surface area contributed by atoms with Crippen molar-refractivity contribution in [2.45, 2.75) is 45.3 Å². The molecule has 0 aromatic heterocycles. The van der Waals surface area contributed by atoms with Crippen LogP contribution in [0.2, 0.25) is 5.02 Å². The maximum Gasteiger partial charge on any atom is 0.410 e. The Labute approximate surface area is 170 Å². The lowest BCUT2D eigenvalue weighted by Gasteiger charge is -2.35. The summed E-state index contributed by atoms with van der Waals surface area (Å²) in [6.07, 6.45) is 1.46. The second kappa shape index (κ2) is 11.0. The van der Waals surface area contributed by atoms with E-state index < -0.39 is 11.9 Å². The highest BCUT2D eigenvalue weighted by Crippen LogP contribution is 2.28. The summed E-state index contributed by atoms with van der Waals surface area (Å²) < 4.78 is 18.9. The van der Waals surface area contributed by atoms with Gasteiger partial charge in [0.1, 0.15) is 11.9 Å². The van der Waals surface area contributed by atoms with Crippen molar-refractivity contribution >= 4 is 17.7 Å². The average molecular weight is 408 g/mol. The Hall–Kier alpha value is -2.11. The number of aryl methyl sites for hydroxylation is 1. The summed E-state index contributed by atoms with van der Waals surface area (Å²) in [5, 5.41) is 8.87. The number of hydrogen-bond donors (Lipinski definition) is 1. The van der Waals surface area contributed by atoms with Gasteiger partial charge in [-0.2, -0.15) is 0 Å². The number of aliphatic hydroxyl groups is 1. The fraction of sp³-hybridized carbons (Fsp3) is 0.409. The molecule has 0 saturated carbocycles. The molecule has 2 aromatic carbocycles. The molecule has 1 N–H and O–H groups in total. The molecule has 0 bridgehead atoms. The first-order valence-corrected chi connectivity index (χ1v) is 9.85. The minimum atomic E-state index is -0.493. The maximum absolute atomic E-state index is 13.5. The van der Waals surface area contributed by atoms with Crippen LogP contribution in [0.25, 0.3) is 0 Å². The highest BCUT2D eigenvalue weighted by Gasteiger charge is 2.30. The smallest absolute Gasteiger partial charge is 0.410 e. The molecular weight excluding hydrogens is 381 g/mol. The van der Waals surface area contributed by atoms with E-state index in [4.69, 9.17) is 21.4 Å². The monoisotopic (exact) mass is 407 g/mol. The molecule has 2 atom stereocenters. The van der Waals surface area contributed by atoms with E-state index in [9.17, 15) is 9.18 Å². The minimum Gasteiger partial charge on any atom is -0.446 e. The fourth-order valence-corrected chi connectivity index (χ4v) is 3.12. The predicted octanol–water partition coefficient (Wildman–Crippen LogP) is 5.52. The Morgan fingerprint density at radius 3 is 2.54 bits per heavy atom. The van der Waals surface area contributed by atoms with Crippen molar-refractivity contribution in [3.63, 3.8) is 0 Å². The van der Waals surface area contributed by atoms with Gasteiger partial charge in [0, 0.05) is 19.6 Å². The number of nitrogens with zero attached hydrogens (tertiary/aromatic N) is 1.